The first-order valence-electron chi connectivity index (χ1n) is 6.13. The zero-order chi connectivity index (χ0) is 13.3. The summed E-state index contributed by atoms with van der Waals surface area (Å²) in [5, 5.41) is 1.94. The second-order valence-corrected chi connectivity index (χ2v) is 6.02. The average molecular weight is 264 g/mol. The number of ketones is 3. The van der Waals surface area contributed by atoms with E-state index in [4.69, 9.17) is 0 Å². The maximum absolute atomic E-state index is 12.0. The normalized spacial score (nSPS) is 24.6. The lowest BCUT2D eigenvalue weighted by molar-refractivity contribution is -0.143. The second-order valence-electron chi connectivity index (χ2n) is 5.04. The van der Waals surface area contributed by atoms with Gasteiger partial charge in [0.2, 0.25) is 0 Å². The van der Waals surface area contributed by atoms with Crippen molar-refractivity contribution in [2.45, 2.75) is 32.6 Å². The smallest absolute Gasteiger partial charge is 0.153 e. The molecule has 0 aliphatic heterocycles. The van der Waals surface area contributed by atoms with Gasteiger partial charge < -0.3 is 0 Å². The molecule has 1 fully saturated rings. The van der Waals surface area contributed by atoms with E-state index in [9.17, 15) is 14.4 Å². The molecular weight excluding hydrogens is 248 g/mol. The van der Waals surface area contributed by atoms with E-state index >= 15 is 0 Å². The van der Waals surface area contributed by atoms with Crippen LogP contribution >= 0.6 is 11.3 Å². The molecule has 0 spiro atoms. The van der Waals surface area contributed by atoms with Crippen molar-refractivity contribution in [2.24, 2.45) is 11.8 Å². The molecular formula is C14H16O3S. The van der Waals surface area contributed by atoms with Gasteiger partial charge in [-0.1, -0.05) is 19.9 Å². The van der Waals surface area contributed by atoms with Crippen LogP contribution in [0.3, 0.4) is 0 Å². The Bertz CT molecular complexity index is 455. The van der Waals surface area contributed by atoms with E-state index in [-0.39, 0.29) is 29.2 Å². The Morgan fingerprint density at radius 1 is 1.28 bits per heavy atom. The highest BCUT2D eigenvalue weighted by Crippen LogP contribution is 2.35. The minimum Gasteiger partial charge on any atom is -0.298 e. The summed E-state index contributed by atoms with van der Waals surface area (Å²) in [6, 6.07) is 3.86. The average Bonchev–Trinajstić information content (AvgIpc) is 2.80. The number of carbonyl (C=O) groups excluding carboxylic acids is 3. The Hall–Kier alpha value is -1.29. The summed E-state index contributed by atoms with van der Waals surface area (Å²) in [7, 11) is 0. The van der Waals surface area contributed by atoms with Crippen molar-refractivity contribution in [2.75, 3.05) is 0 Å². The van der Waals surface area contributed by atoms with Gasteiger partial charge in [0, 0.05) is 29.6 Å². The van der Waals surface area contributed by atoms with Gasteiger partial charge in [0.25, 0.3) is 0 Å². The first-order chi connectivity index (χ1) is 8.50. The van der Waals surface area contributed by atoms with Crippen LogP contribution in [0.15, 0.2) is 17.5 Å². The first kappa shape index (κ1) is 13.1. The number of thiophene rings is 1. The molecule has 96 valence electrons. The first-order valence-corrected chi connectivity index (χ1v) is 7.01. The number of rotatable bonds is 3. The summed E-state index contributed by atoms with van der Waals surface area (Å²) in [6.07, 6.45) is 0.630. The number of Topliss-reactive ketones (excluding diaryl/α,β-unsaturated/α-hetero) is 3. The van der Waals surface area contributed by atoms with E-state index < -0.39 is 5.92 Å². The van der Waals surface area contributed by atoms with Crippen molar-refractivity contribution in [3.63, 3.8) is 0 Å². The fourth-order valence-electron chi connectivity index (χ4n) is 2.35. The van der Waals surface area contributed by atoms with Crippen LogP contribution in [-0.4, -0.2) is 17.3 Å². The van der Waals surface area contributed by atoms with E-state index in [0.717, 1.165) is 4.88 Å². The van der Waals surface area contributed by atoms with Crippen LogP contribution < -0.4 is 0 Å². The number of carbonyl (C=O) groups is 3. The second kappa shape index (κ2) is 5.14. The molecule has 0 unspecified atom stereocenters. The zero-order valence-corrected chi connectivity index (χ0v) is 11.3. The van der Waals surface area contributed by atoms with Crippen LogP contribution in [0.25, 0.3) is 0 Å². The quantitative estimate of drug-likeness (QED) is 0.788. The molecule has 4 heteroatoms. The Morgan fingerprint density at radius 2 is 1.89 bits per heavy atom. The van der Waals surface area contributed by atoms with Gasteiger partial charge in [0.15, 0.2) is 17.3 Å². The summed E-state index contributed by atoms with van der Waals surface area (Å²) in [6.45, 7) is 3.46. The van der Waals surface area contributed by atoms with E-state index in [0.29, 0.717) is 12.8 Å². The van der Waals surface area contributed by atoms with Crippen molar-refractivity contribution >= 4 is 28.7 Å². The minimum absolute atomic E-state index is 0.0267. The molecule has 1 saturated carbocycles. The summed E-state index contributed by atoms with van der Waals surface area (Å²) < 4.78 is 0. The summed E-state index contributed by atoms with van der Waals surface area (Å²) in [5.74, 6) is -1.93. The highest BCUT2D eigenvalue weighted by molar-refractivity contribution is 7.10. The predicted octanol–water partition coefficient (Wildman–Crippen LogP) is 2.61. The molecule has 0 amide bonds. The van der Waals surface area contributed by atoms with E-state index in [1.807, 2.05) is 17.5 Å². The van der Waals surface area contributed by atoms with Gasteiger partial charge in [-0.3, -0.25) is 14.4 Å². The Balaban J connectivity index is 2.16. The lowest BCUT2D eigenvalue weighted by atomic mass is 9.75. The lowest BCUT2D eigenvalue weighted by Crippen LogP contribution is -2.39. The lowest BCUT2D eigenvalue weighted by Gasteiger charge is -2.25. The fraction of sp³-hybridized carbons (Fsp3) is 0.500. The highest BCUT2D eigenvalue weighted by Gasteiger charge is 2.41. The Kier molecular flexibility index (Phi) is 3.76. The molecule has 1 aromatic heterocycles. The summed E-state index contributed by atoms with van der Waals surface area (Å²) >= 11 is 1.56. The SMILES string of the molecule is CC(C)C(=O)C1C(=O)CC(c2cccs2)CC1=O. The maximum Gasteiger partial charge on any atom is 0.153 e. The molecule has 1 aliphatic carbocycles. The van der Waals surface area contributed by atoms with Gasteiger partial charge in [-0.15, -0.1) is 11.3 Å². The summed E-state index contributed by atoms with van der Waals surface area (Å²) in [5.41, 5.74) is 0. The predicted molar refractivity (Wildman–Crippen MR) is 69.6 cm³/mol. The molecule has 2 rings (SSSR count). The van der Waals surface area contributed by atoms with Crippen LogP contribution in [0.2, 0.25) is 0 Å². The van der Waals surface area contributed by atoms with Crippen LogP contribution in [-0.2, 0) is 14.4 Å². The van der Waals surface area contributed by atoms with E-state index in [1.165, 1.54) is 0 Å². The molecule has 0 aromatic carbocycles. The third-order valence-electron chi connectivity index (χ3n) is 3.34. The van der Waals surface area contributed by atoms with Crippen molar-refractivity contribution in [1.82, 2.24) is 0 Å². The molecule has 0 atom stereocenters. The van der Waals surface area contributed by atoms with Gasteiger partial charge in [0.05, 0.1) is 0 Å². The largest absolute Gasteiger partial charge is 0.298 e. The van der Waals surface area contributed by atoms with Crippen LogP contribution in [0.4, 0.5) is 0 Å². The van der Waals surface area contributed by atoms with Crippen molar-refractivity contribution in [1.29, 1.82) is 0 Å². The van der Waals surface area contributed by atoms with Crippen LogP contribution in [0.5, 0.6) is 0 Å². The van der Waals surface area contributed by atoms with Crippen LogP contribution in [0, 0.1) is 11.8 Å². The molecule has 1 heterocycles. The topological polar surface area (TPSA) is 51.2 Å². The van der Waals surface area contributed by atoms with Gasteiger partial charge >= 0.3 is 0 Å². The van der Waals surface area contributed by atoms with E-state index in [2.05, 4.69) is 0 Å². The standard InChI is InChI=1S/C14H16O3S/c1-8(2)14(17)13-10(15)6-9(7-11(13)16)12-4-3-5-18-12/h3-5,8-9,13H,6-7H2,1-2H3. The third kappa shape index (κ3) is 2.43. The molecule has 0 bridgehead atoms. The maximum atomic E-state index is 12.0. The zero-order valence-electron chi connectivity index (χ0n) is 10.5. The molecule has 3 nitrogen and oxygen atoms in total. The van der Waals surface area contributed by atoms with E-state index in [1.54, 1.807) is 25.2 Å². The monoisotopic (exact) mass is 264 g/mol. The Morgan fingerprint density at radius 3 is 2.33 bits per heavy atom. The fourth-order valence-corrected chi connectivity index (χ4v) is 3.18. The molecule has 1 aromatic rings. The van der Waals surface area contributed by atoms with Gasteiger partial charge in [0.1, 0.15) is 5.92 Å². The molecule has 1 aliphatic rings. The van der Waals surface area contributed by atoms with Crippen molar-refractivity contribution in [3.8, 4) is 0 Å². The van der Waals surface area contributed by atoms with Crippen molar-refractivity contribution in [3.05, 3.63) is 22.4 Å². The molecule has 0 radical (unpaired) electrons. The van der Waals surface area contributed by atoms with Gasteiger partial charge in [-0.25, -0.2) is 0 Å². The Labute approximate surface area is 110 Å². The van der Waals surface area contributed by atoms with Gasteiger partial charge in [-0.05, 0) is 11.4 Å². The van der Waals surface area contributed by atoms with Gasteiger partial charge in [-0.2, -0.15) is 0 Å². The number of hydrogen-bond donors (Lipinski definition) is 0. The summed E-state index contributed by atoms with van der Waals surface area (Å²) in [4.78, 5) is 37.0. The van der Waals surface area contributed by atoms with Crippen LogP contribution in [0.1, 0.15) is 37.5 Å². The molecule has 0 saturated heterocycles. The number of hydrogen-bond acceptors (Lipinski definition) is 4. The van der Waals surface area contributed by atoms with Crippen molar-refractivity contribution < 1.29 is 14.4 Å². The molecule has 18 heavy (non-hydrogen) atoms. The highest BCUT2D eigenvalue weighted by atomic mass is 32.1. The molecule has 0 N–H and O–H groups in total. The third-order valence-corrected chi connectivity index (χ3v) is 4.37. The minimum atomic E-state index is -0.999.